The van der Waals surface area contributed by atoms with Crippen LogP contribution in [-0.2, 0) is 6.18 Å². The first kappa shape index (κ1) is 11.1. The summed E-state index contributed by atoms with van der Waals surface area (Å²) in [6, 6.07) is 4.04. The summed E-state index contributed by atoms with van der Waals surface area (Å²) in [4.78, 5) is 0. The SMILES string of the molecule is FC(F)(F)c1cccc2c1OCCCCN2. The number of hydrogen-bond donors (Lipinski definition) is 1. The van der Waals surface area contributed by atoms with Crippen molar-refractivity contribution in [3.05, 3.63) is 23.8 Å². The first-order chi connectivity index (χ1) is 7.59. The van der Waals surface area contributed by atoms with E-state index in [1.807, 2.05) is 0 Å². The topological polar surface area (TPSA) is 21.3 Å². The lowest BCUT2D eigenvalue weighted by Gasteiger charge is -2.20. The van der Waals surface area contributed by atoms with Crippen LogP contribution in [0.5, 0.6) is 5.75 Å². The zero-order valence-electron chi connectivity index (χ0n) is 8.60. The van der Waals surface area contributed by atoms with Gasteiger partial charge in [-0.25, -0.2) is 0 Å². The molecular formula is C11H12F3NO. The van der Waals surface area contributed by atoms with Crippen molar-refractivity contribution in [2.75, 3.05) is 18.5 Å². The molecule has 2 nitrogen and oxygen atoms in total. The Kier molecular flexibility index (Phi) is 2.94. The van der Waals surface area contributed by atoms with Crippen LogP contribution in [0.4, 0.5) is 18.9 Å². The summed E-state index contributed by atoms with van der Waals surface area (Å²) in [6.07, 6.45) is -2.71. The number of ether oxygens (including phenoxy) is 1. The first-order valence-electron chi connectivity index (χ1n) is 5.16. The van der Waals surface area contributed by atoms with E-state index in [1.54, 1.807) is 6.07 Å². The van der Waals surface area contributed by atoms with Gasteiger partial charge < -0.3 is 10.1 Å². The second kappa shape index (κ2) is 4.23. The molecule has 0 bridgehead atoms. The molecule has 1 aliphatic rings. The molecule has 0 saturated heterocycles. The summed E-state index contributed by atoms with van der Waals surface area (Å²) in [6.45, 7) is 1.01. The molecule has 0 fully saturated rings. The van der Waals surface area contributed by atoms with Crippen molar-refractivity contribution in [2.24, 2.45) is 0 Å². The van der Waals surface area contributed by atoms with Crippen molar-refractivity contribution in [2.45, 2.75) is 19.0 Å². The number of benzene rings is 1. The van der Waals surface area contributed by atoms with Gasteiger partial charge >= 0.3 is 6.18 Å². The second-order valence-electron chi connectivity index (χ2n) is 3.66. The Morgan fingerprint density at radius 3 is 2.75 bits per heavy atom. The van der Waals surface area contributed by atoms with Gasteiger partial charge in [-0.1, -0.05) is 6.07 Å². The lowest BCUT2D eigenvalue weighted by Crippen LogP contribution is -2.15. The molecule has 0 spiro atoms. The Morgan fingerprint density at radius 2 is 2.00 bits per heavy atom. The highest BCUT2D eigenvalue weighted by Gasteiger charge is 2.35. The van der Waals surface area contributed by atoms with E-state index >= 15 is 0 Å². The molecular weight excluding hydrogens is 219 g/mol. The van der Waals surface area contributed by atoms with Crippen LogP contribution in [0.1, 0.15) is 18.4 Å². The minimum atomic E-state index is -4.37. The number of hydrogen-bond acceptors (Lipinski definition) is 2. The van der Waals surface area contributed by atoms with Crippen LogP contribution in [0.2, 0.25) is 0 Å². The minimum absolute atomic E-state index is 0.0744. The van der Waals surface area contributed by atoms with Crippen LogP contribution in [-0.4, -0.2) is 13.2 Å². The van der Waals surface area contributed by atoms with Crippen LogP contribution in [0.15, 0.2) is 18.2 Å². The summed E-state index contributed by atoms with van der Waals surface area (Å²) in [7, 11) is 0. The summed E-state index contributed by atoms with van der Waals surface area (Å²) in [5, 5.41) is 2.95. The van der Waals surface area contributed by atoms with Gasteiger partial charge in [0.05, 0.1) is 17.9 Å². The third-order valence-electron chi connectivity index (χ3n) is 2.45. The molecule has 1 N–H and O–H groups in total. The lowest BCUT2D eigenvalue weighted by atomic mass is 10.1. The molecule has 0 radical (unpaired) electrons. The highest BCUT2D eigenvalue weighted by atomic mass is 19.4. The lowest BCUT2D eigenvalue weighted by molar-refractivity contribution is -0.138. The maximum absolute atomic E-state index is 12.7. The smallest absolute Gasteiger partial charge is 0.420 e. The number of para-hydroxylation sites is 1. The highest BCUT2D eigenvalue weighted by molar-refractivity contribution is 5.61. The van der Waals surface area contributed by atoms with E-state index < -0.39 is 11.7 Å². The summed E-state index contributed by atoms with van der Waals surface area (Å²) in [5.74, 6) is -0.0744. The minimum Gasteiger partial charge on any atom is -0.491 e. The number of alkyl halides is 3. The van der Waals surface area contributed by atoms with Gasteiger partial charge in [0.25, 0.3) is 0 Å². The van der Waals surface area contributed by atoms with E-state index in [4.69, 9.17) is 4.74 Å². The molecule has 0 amide bonds. The molecule has 0 aliphatic carbocycles. The van der Waals surface area contributed by atoms with Gasteiger partial charge in [-0.15, -0.1) is 0 Å². The van der Waals surface area contributed by atoms with Crippen LogP contribution in [0.25, 0.3) is 0 Å². The van der Waals surface area contributed by atoms with E-state index in [0.29, 0.717) is 18.8 Å². The van der Waals surface area contributed by atoms with Gasteiger partial charge in [0.1, 0.15) is 0 Å². The predicted octanol–water partition coefficient (Wildman–Crippen LogP) is 3.29. The fourth-order valence-electron chi connectivity index (χ4n) is 1.68. The average molecular weight is 231 g/mol. The first-order valence-corrected chi connectivity index (χ1v) is 5.16. The number of fused-ring (bicyclic) bond motifs is 1. The predicted molar refractivity (Wildman–Crippen MR) is 54.7 cm³/mol. The van der Waals surface area contributed by atoms with Crippen LogP contribution in [0, 0.1) is 0 Å². The zero-order chi connectivity index (χ0) is 11.6. The molecule has 2 rings (SSSR count). The Balaban J connectivity index is 2.43. The van der Waals surface area contributed by atoms with Crippen molar-refractivity contribution in [3.8, 4) is 5.75 Å². The van der Waals surface area contributed by atoms with Gasteiger partial charge in [0.15, 0.2) is 5.75 Å². The normalized spacial score (nSPS) is 16.4. The van der Waals surface area contributed by atoms with Crippen LogP contribution >= 0.6 is 0 Å². The molecule has 88 valence electrons. The largest absolute Gasteiger partial charge is 0.491 e. The maximum atomic E-state index is 12.7. The van der Waals surface area contributed by atoms with Gasteiger partial charge in [-0.05, 0) is 25.0 Å². The molecule has 0 atom stereocenters. The standard InChI is InChI=1S/C11H12F3NO/c12-11(13,14)8-4-3-5-9-10(8)16-7-2-1-6-15-9/h3-5,15H,1-2,6-7H2. The van der Waals surface area contributed by atoms with E-state index in [2.05, 4.69) is 5.32 Å². The van der Waals surface area contributed by atoms with Gasteiger partial charge in [-0.2, -0.15) is 13.2 Å². The molecule has 1 aliphatic heterocycles. The van der Waals surface area contributed by atoms with E-state index in [-0.39, 0.29) is 5.75 Å². The Labute approximate surface area is 91.4 Å². The quantitative estimate of drug-likeness (QED) is 0.739. The monoisotopic (exact) mass is 231 g/mol. The Hall–Kier alpha value is -1.39. The van der Waals surface area contributed by atoms with Crippen LogP contribution < -0.4 is 10.1 Å². The Morgan fingerprint density at radius 1 is 1.19 bits per heavy atom. The van der Waals surface area contributed by atoms with Crippen molar-refractivity contribution in [1.82, 2.24) is 0 Å². The molecule has 0 aromatic heterocycles. The highest BCUT2D eigenvalue weighted by Crippen LogP contribution is 2.40. The molecule has 1 aromatic carbocycles. The Bertz CT molecular complexity index is 376. The summed E-state index contributed by atoms with van der Waals surface area (Å²) >= 11 is 0. The fraction of sp³-hybridized carbons (Fsp3) is 0.455. The van der Waals surface area contributed by atoms with Crippen LogP contribution in [0.3, 0.4) is 0 Å². The van der Waals surface area contributed by atoms with Gasteiger partial charge in [-0.3, -0.25) is 0 Å². The summed E-state index contributed by atoms with van der Waals surface area (Å²) in [5.41, 5.74) is -0.283. The number of halogens is 3. The van der Waals surface area contributed by atoms with Crippen molar-refractivity contribution in [1.29, 1.82) is 0 Å². The molecule has 16 heavy (non-hydrogen) atoms. The number of anilines is 1. The molecule has 0 unspecified atom stereocenters. The van der Waals surface area contributed by atoms with Gasteiger partial charge in [0.2, 0.25) is 0 Å². The van der Waals surface area contributed by atoms with Crippen molar-refractivity contribution < 1.29 is 17.9 Å². The average Bonchev–Trinajstić information content (AvgIpc) is 2.16. The van der Waals surface area contributed by atoms with E-state index in [0.717, 1.165) is 18.9 Å². The maximum Gasteiger partial charge on any atom is 0.420 e. The second-order valence-corrected chi connectivity index (χ2v) is 3.66. The van der Waals surface area contributed by atoms with E-state index in [1.165, 1.54) is 6.07 Å². The zero-order valence-corrected chi connectivity index (χ0v) is 8.60. The number of rotatable bonds is 0. The molecule has 1 heterocycles. The third kappa shape index (κ3) is 2.23. The van der Waals surface area contributed by atoms with E-state index in [9.17, 15) is 13.2 Å². The summed E-state index contributed by atoms with van der Waals surface area (Å²) < 4.78 is 43.3. The van der Waals surface area contributed by atoms with Gasteiger partial charge in [0, 0.05) is 6.54 Å². The fourth-order valence-corrected chi connectivity index (χ4v) is 1.68. The molecule has 0 saturated carbocycles. The van der Waals surface area contributed by atoms with Crippen molar-refractivity contribution in [3.63, 3.8) is 0 Å². The molecule has 1 aromatic rings. The number of nitrogens with one attached hydrogen (secondary N) is 1. The molecule has 5 heteroatoms. The third-order valence-corrected chi connectivity index (χ3v) is 2.45. The van der Waals surface area contributed by atoms with Crippen molar-refractivity contribution >= 4 is 5.69 Å².